The zero-order valence-electron chi connectivity index (χ0n) is 11.4. The van der Waals surface area contributed by atoms with Gasteiger partial charge in [-0.05, 0) is 24.3 Å². The topological polar surface area (TPSA) is 115 Å². The van der Waals surface area contributed by atoms with Crippen LogP contribution >= 0.6 is 0 Å². The standard InChI is InChI=1S/C14H13FN5O2/c15-10-1-3-11(4-2-10)20(6-5-12(16)21)14-18-7-9(8-19-14)13(17)22/h1-5,7-8H,6H2,(H2,16,21)(H2,17,22). The largest absolute Gasteiger partial charge is 0.369 e. The van der Waals surface area contributed by atoms with Crippen molar-refractivity contribution < 1.29 is 14.0 Å². The zero-order chi connectivity index (χ0) is 16.1. The molecule has 0 saturated heterocycles. The average Bonchev–Trinajstić information content (AvgIpc) is 2.49. The highest BCUT2D eigenvalue weighted by Crippen LogP contribution is 2.22. The molecule has 0 aliphatic heterocycles. The van der Waals surface area contributed by atoms with Gasteiger partial charge < -0.3 is 16.4 Å². The fraction of sp³-hybridized carbons (Fsp3) is 0.0714. The van der Waals surface area contributed by atoms with Gasteiger partial charge in [-0.3, -0.25) is 9.59 Å². The quantitative estimate of drug-likeness (QED) is 0.808. The summed E-state index contributed by atoms with van der Waals surface area (Å²) in [4.78, 5) is 31.6. The van der Waals surface area contributed by atoms with E-state index in [0.717, 1.165) is 0 Å². The van der Waals surface area contributed by atoms with Crippen molar-refractivity contribution in [2.24, 2.45) is 11.5 Å². The maximum atomic E-state index is 13.0. The number of nitrogens with two attached hydrogens (primary N) is 2. The SMILES string of the molecule is NC(=O)[CH]CN(c1ccc(F)cc1)c1ncc(C(N)=O)cn1. The van der Waals surface area contributed by atoms with Gasteiger partial charge in [0.05, 0.1) is 12.0 Å². The minimum Gasteiger partial charge on any atom is -0.369 e. The number of primary amides is 2. The number of benzene rings is 1. The van der Waals surface area contributed by atoms with E-state index in [1.54, 1.807) is 0 Å². The van der Waals surface area contributed by atoms with E-state index < -0.39 is 17.6 Å². The first-order chi connectivity index (χ1) is 10.5. The molecule has 2 amide bonds. The van der Waals surface area contributed by atoms with Crippen LogP contribution in [0.25, 0.3) is 0 Å². The number of aromatic nitrogens is 2. The van der Waals surface area contributed by atoms with Gasteiger partial charge in [0, 0.05) is 24.6 Å². The maximum absolute atomic E-state index is 13.0. The van der Waals surface area contributed by atoms with Crippen LogP contribution in [0.3, 0.4) is 0 Å². The first kappa shape index (κ1) is 15.4. The summed E-state index contributed by atoms with van der Waals surface area (Å²) in [5.41, 5.74) is 10.9. The van der Waals surface area contributed by atoms with E-state index in [1.807, 2.05) is 0 Å². The van der Waals surface area contributed by atoms with E-state index in [0.29, 0.717) is 5.69 Å². The monoisotopic (exact) mass is 302 g/mol. The summed E-state index contributed by atoms with van der Waals surface area (Å²) in [5.74, 6) is -1.44. The van der Waals surface area contributed by atoms with Gasteiger partial charge in [0.25, 0.3) is 5.91 Å². The molecule has 0 saturated carbocycles. The number of carbonyl (C=O) groups is 2. The number of nitrogens with zero attached hydrogens (tertiary/aromatic N) is 3. The Morgan fingerprint density at radius 3 is 2.23 bits per heavy atom. The third-order valence-electron chi connectivity index (χ3n) is 2.78. The molecule has 0 bridgehead atoms. The molecule has 4 N–H and O–H groups in total. The Morgan fingerprint density at radius 1 is 1.14 bits per heavy atom. The van der Waals surface area contributed by atoms with Crippen molar-refractivity contribution in [1.82, 2.24) is 9.97 Å². The fourth-order valence-corrected chi connectivity index (χ4v) is 1.69. The summed E-state index contributed by atoms with van der Waals surface area (Å²) in [6.07, 6.45) is 3.77. The first-order valence-corrected chi connectivity index (χ1v) is 6.25. The molecule has 0 aliphatic carbocycles. The van der Waals surface area contributed by atoms with Crippen LogP contribution < -0.4 is 16.4 Å². The second-order valence-corrected chi connectivity index (χ2v) is 4.33. The predicted octanol–water partition coefficient (Wildman–Crippen LogP) is 0.542. The predicted molar refractivity (Wildman–Crippen MR) is 77.5 cm³/mol. The molecule has 8 heteroatoms. The van der Waals surface area contributed by atoms with E-state index in [-0.39, 0.29) is 18.1 Å². The molecule has 1 heterocycles. The minimum atomic E-state index is -0.649. The molecule has 1 aromatic carbocycles. The molecule has 0 spiro atoms. The van der Waals surface area contributed by atoms with Crippen LogP contribution in [0.1, 0.15) is 10.4 Å². The number of rotatable bonds is 6. The lowest BCUT2D eigenvalue weighted by Crippen LogP contribution is -2.26. The van der Waals surface area contributed by atoms with Crippen molar-refractivity contribution in [2.45, 2.75) is 0 Å². The van der Waals surface area contributed by atoms with Crippen LogP contribution in [-0.4, -0.2) is 28.3 Å². The highest BCUT2D eigenvalue weighted by Gasteiger charge is 2.14. The van der Waals surface area contributed by atoms with Crippen molar-refractivity contribution in [1.29, 1.82) is 0 Å². The maximum Gasteiger partial charge on any atom is 0.251 e. The molecule has 0 unspecified atom stereocenters. The summed E-state index contributed by atoms with van der Waals surface area (Å²) in [6, 6.07) is 5.56. The molecule has 2 rings (SSSR count). The molecule has 1 radical (unpaired) electrons. The summed E-state index contributed by atoms with van der Waals surface area (Å²) in [7, 11) is 0. The Hall–Kier alpha value is -3.03. The molecule has 22 heavy (non-hydrogen) atoms. The molecular weight excluding hydrogens is 289 g/mol. The Labute approximate surface area is 125 Å². The van der Waals surface area contributed by atoms with Crippen molar-refractivity contribution in [2.75, 3.05) is 11.4 Å². The highest BCUT2D eigenvalue weighted by molar-refractivity contribution is 5.92. The lowest BCUT2D eigenvalue weighted by atomic mass is 10.2. The number of anilines is 2. The molecule has 113 valence electrons. The lowest BCUT2D eigenvalue weighted by molar-refractivity contribution is -0.114. The molecule has 1 aromatic heterocycles. The lowest BCUT2D eigenvalue weighted by Gasteiger charge is -2.22. The summed E-state index contributed by atoms with van der Waals surface area (Å²) < 4.78 is 13.0. The Bertz CT molecular complexity index is 673. The molecule has 0 atom stereocenters. The van der Waals surface area contributed by atoms with Crippen LogP contribution in [0.5, 0.6) is 0 Å². The number of hydrogen-bond acceptors (Lipinski definition) is 5. The summed E-state index contributed by atoms with van der Waals surface area (Å²) >= 11 is 0. The second-order valence-electron chi connectivity index (χ2n) is 4.33. The molecule has 0 aliphatic rings. The molecule has 2 aromatic rings. The molecule has 7 nitrogen and oxygen atoms in total. The molecular formula is C14H13FN5O2. The van der Waals surface area contributed by atoms with Crippen LogP contribution in [0, 0.1) is 12.2 Å². The van der Waals surface area contributed by atoms with Gasteiger partial charge in [-0.25, -0.2) is 14.4 Å². The Balaban J connectivity index is 2.32. The highest BCUT2D eigenvalue weighted by atomic mass is 19.1. The zero-order valence-corrected chi connectivity index (χ0v) is 11.4. The number of amides is 2. The van der Waals surface area contributed by atoms with Crippen molar-refractivity contribution >= 4 is 23.5 Å². The van der Waals surface area contributed by atoms with Crippen molar-refractivity contribution in [3.05, 3.63) is 54.5 Å². The second kappa shape index (κ2) is 6.61. The van der Waals surface area contributed by atoms with Gasteiger partial charge in [-0.2, -0.15) is 0 Å². The van der Waals surface area contributed by atoms with E-state index in [2.05, 4.69) is 9.97 Å². The number of hydrogen-bond donors (Lipinski definition) is 2. The first-order valence-electron chi connectivity index (χ1n) is 6.25. The summed E-state index contributed by atoms with van der Waals surface area (Å²) in [5, 5.41) is 0. The molecule has 0 fully saturated rings. The van der Waals surface area contributed by atoms with Gasteiger partial charge in [0.1, 0.15) is 5.82 Å². The third-order valence-corrected chi connectivity index (χ3v) is 2.78. The van der Waals surface area contributed by atoms with E-state index >= 15 is 0 Å². The Morgan fingerprint density at radius 2 is 1.73 bits per heavy atom. The third kappa shape index (κ3) is 3.75. The van der Waals surface area contributed by atoms with Gasteiger partial charge in [-0.15, -0.1) is 0 Å². The fourth-order valence-electron chi connectivity index (χ4n) is 1.69. The smallest absolute Gasteiger partial charge is 0.251 e. The van der Waals surface area contributed by atoms with Crippen LogP contribution in [0.4, 0.5) is 16.0 Å². The Kier molecular flexibility index (Phi) is 4.62. The van der Waals surface area contributed by atoms with E-state index in [9.17, 15) is 14.0 Å². The van der Waals surface area contributed by atoms with Gasteiger partial charge in [-0.1, -0.05) is 0 Å². The van der Waals surface area contributed by atoms with Gasteiger partial charge >= 0.3 is 0 Å². The number of carbonyl (C=O) groups excluding carboxylic acids is 2. The van der Waals surface area contributed by atoms with E-state index in [1.165, 1.54) is 48.0 Å². The van der Waals surface area contributed by atoms with Crippen molar-refractivity contribution in [3.8, 4) is 0 Å². The minimum absolute atomic E-state index is 0.0941. The van der Waals surface area contributed by atoms with Crippen LogP contribution in [-0.2, 0) is 4.79 Å². The van der Waals surface area contributed by atoms with Gasteiger partial charge in [0.15, 0.2) is 0 Å². The van der Waals surface area contributed by atoms with Crippen LogP contribution in [0.15, 0.2) is 36.7 Å². The van der Waals surface area contributed by atoms with Gasteiger partial charge in [0.2, 0.25) is 11.9 Å². The number of halogens is 1. The average molecular weight is 302 g/mol. The van der Waals surface area contributed by atoms with Crippen LogP contribution in [0.2, 0.25) is 0 Å². The summed E-state index contributed by atoms with van der Waals surface area (Å²) in [6.45, 7) is 0.0941. The van der Waals surface area contributed by atoms with E-state index in [4.69, 9.17) is 11.5 Å². The van der Waals surface area contributed by atoms with Crippen molar-refractivity contribution in [3.63, 3.8) is 0 Å². The normalized spacial score (nSPS) is 10.2.